The van der Waals surface area contributed by atoms with E-state index >= 15 is 0 Å². The van der Waals surface area contributed by atoms with Crippen molar-refractivity contribution in [3.8, 4) is 0 Å². The number of carbonyl (C=O) groups excluding carboxylic acids is 1. The number of nitrogens with one attached hydrogen (secondary N) is 1. The molecule has 0 fully saturated rings. The van der Waals surface area contributed by atoms with Gasteiger partial charge in [-0.05, 0) is 25.1 Å². The van der Waals surface area contributed by atoms with E-state index in [4.69, 9.17) is 10.2 Å². The molecule has 1 heterocycles. The summed E-state index contributed by atoms with van der Waals surface area (Å²) in [4.78, 5) is 15.7. The third kappa shape index (κ3) is 3.53. The molecule has 1 aromatic carbocycles. The number of nitrogen functional groups attached to an aromatic ring is 1. The molecule has 0 saturated carbocycles. The number of hydrogen-bond acceptors (Lipinski definition) is 4. The summed E-state index contributed by atoms with van der Waals surface area (Å²) >= 11 is 0. The first-order valence-corrected chi connectivity index (χ1v) is 5.93. The fourth-order valence-electron chi connectivity index (χ4n) is 1.68. The molecule has 3 N–H and O–H groups in total. The predicted octanol–water partition coefficient (Wildman–Crippen LogP) is 2.51. The molecule has 1 amide bonds. The summed E-state index contributed by atoms with van der Waals surface area (Å²) in [5.41, 5.74) is 3.66. The summed E-state index contributed by atoms with van der Waals surface area (Å²) < 4.78 is 43.3. The number of anilines is 1. The van der Waals surface area contributed by atoms with Crippen LogP contribution >= 0.6 is 0 Å². The Balaban J connectivity index is 2.12. The summed E-state index contributed by atoms with van der Waals surface area (Å²) in [7, 11) is 0. The highest BCUT2D eigenvalue weighted by molar-refractivity contribution is 5.94. The summed E-state index contributed by atoms with van der Waals surface area (Å²) in [6.07, 6.45) is -3.13. The van der Waals surface area contributed by atoms with E-state index in [1.165, 1.54) is 12.3 Å². The quantitative estimate of drug-likeness (QED) is 0.853. The lowest BCUT2D eigenvalue weighted by molar-refractivity contribution is -0.136. The van der Waals surface area contributed by atoms with Gasteiger partial charge < -0.3 is 15.5 Å². The zero-order chi connectivity index (χ0) is 15.6. The van der Waals surface area contributed by atoms with Gasteiger partial charge in [0.15, 0.2) is 0 Å². The molecule has 0 atom stereocenters. The first kappa shape index (κ1) is 14.9. The Labute approximate surface area is 118 Å². The molecule has 0 unspecified atom stereocenters. The lowest BCUT2D eigenvalue weighted by atomic mass is 10.1. The first-order chi connectivity index (χ1) is 9.77. The molecule has 0 aliphatic carbocycles. The van der Waals surface area contributed by atoms with Crippen LogP contribution in [-0.2, 0) is 12.7 Å². The van der Waals surface area contributed by atoms with Crippen molar-refractivity contribution in [2.75, 3.05) is 5.73 Å². The number of rotatable bonds is 3. The van der Waals surface area contributed by atoms with E-state index < -0.39 is 23.3 Å². The highest BCUT2D eigenvalue weighted by Crippen LogP contribution is 2.33. The zero-order valence-corrected chi connectivity index (χ0v) is 11.0. The minimum Gasteiger partial charge on any atom is -0.444 e. The molecule has 2 rings (SSSR count). The van der Waals surface area contributed by atoms with E-state index in [1.807, 2.05) is 0 Å². The molecule has 0 radical (unpaired) electrons. The van der Waals surface area contributed by atoms with E-state index in [0.717, 1.165) is 6.07 Å². The Kier molecular flexibility index (Phi) is 3.88. The van der Waals surface area contributed by atoms with Crippen LogP contribution in [0.2, 0.25) is 0 Å². The van der Waals surface area contributed by atoms with Crippen molar-refractivity contribution in [3.05, 3.63) is 47.2 Å². The Morgan fingerprint density at radius 1 is 1.43 bits per heavy atom. The fourth-order valence-corrected chi connectivity index (χ4v) is 1.68. The van der Waals surface area contributed by atoms with Gasteiger partial charge in [-0.1, -0.05) is 0 Å². The number of oxazole rings is 1. The van der Waals surface area contributed by atoms with E-state index in [0.29, 0.717) is 11.8 Å². The molecule has 2 aromatic rings. The van der Waals surface area contributed by atoms with Gasteiger partial charge in [0, 0.05) is 11.3 Å². The van der Waals surface area contributed by atoms with Crippen LogP contribution in [0.1, 0.15) is 27.6 Å². The molecule has 0 aliphatic heterocycles. The second-order valence-corrected chi connectivity index (χ2v) is 4.35. The Hall–Kier alpha value is -2.51. The number of amides is 1. The van der Waals surface area contributed by atoms with Gasteiger partial charge in [-0.3, -0.25) is 4.79 Å². The highest BCUT2D eigenvalue weighted by atomic mass is 19.4. The molecule has 1 aromatic heterocycles. The molecule has 112 valence electrons. The van der Waals surface area contributed by atoms with Crippen LogP contribution in [0.25, 0.3) is 0 Å². The normalized spacial score (nSPS) is 11.4. The molecular formula is C13H12F3N3O2. The monoisotopic (exact) mass is 299 g/mol. The van der Waals surface area contributed by atoms with Crippen molar-refractivity contribution in [2.45, 2.75) is 19.6 Å². The zero-order valence-electron chi connectivity index (χ0n) is 11.0. The fraction of sp³-hybridized carbons (Fsp3) is 0.231. The molecule has 8 heteroatoms. The van der Waals surface area contributed by atoms with Crippen molar-refractivity contribution in [1.29, 1.82) is 0 Å². The third-order valence-corrected chi connectivity index (χ3v) is 2.69. The second-order valence-electron chi connectivity index (χ2n) is 4.35. The maximum Gasteiger partial charge on any atom is 0.418 e. The van der Waals surface area contributed by atoms with Crippen LogP contribution in [0.3, 0.4) is 0 Å². The molecular weight excluding hydrogens is 287 g/mol. The maximum atomic E-state index is 12.7. The van der Waals surface area contributed by atoms with Crippen LogP contribution in [0.15, 0.2) is 28.8 Å². The van der Waals surface area contributed by atoms with Crippen LogP contribution in [0, 0.1) is 6.92 Å². The number of hydrogen-bond donors (Lipinski definition) is 2. The van der Waals surface area contributed by atoms with E-state index in [1.54, 1.807) is 6.92 Å². The summed E-state index contributed by atoms with van der Waals surface area (Å²) in [5, 5.41) is 2.42. The minimum absolute atomic E-state index is 0.0155. The van der Waals surface area contributed by atoms with Gasteiger partial charge in [0.1, 0.15) is 5.76 Å². The lowest BCUT2D eigenvalue weighted by Crippen LogP contribution is -2.23. The van der Waals surface area contributed by atoms with Crippen LogP contribution in [-0.4, -0.2) is 10.9 Å². The average Bonchev–Trinajstić information content (AvgIpc) is 2.81. The average molecular weight is 299 g/mol. The minimum atomic E-state index is -4.61. The lowest BCUT2D eigenvalue weighted by Gasteiger charge is -2.11. The van der Waals surface area contributed by atoms with Gasteiger partial charge in [-0.25, -0.2) is 4.98 Å². The van der Waals surface area contributed by atoms with Crippen molar-refractivity contribution in [2.24, 2.45) is 0 Å². The van der Waals surface area contributed by atoms with Gasteiger partial charge in [0.25, 0.3) is 5.91 Å². The van der Waals surface area contributed by atoms with E-state index in [2.05, 4.69) is 10.3 Å². The summed E-state index contributed by atoms with van der Waals surface area (Å²) in [6, 6.07) is 2.99. The van der Waals surface area contributed by atoms with Crippen molar-refractivity contribution >= 4 is 11.6 Å². The Morgan fingerprint density at radius 3 is 2.71 bits per heavy atom. The molecule has 0 spiro atoms. The summed E-state index contributed by atoms with van der Waals surface area (Å²) in [5.74, 6) is 0.176. The van der Waals surface area contributed by atoms with E-state index in [-0.39, 0.29) is 18.0 Å². The van der Waals surface area contributed by atoms with Gasteiger partial charge in [0.2, 0.25) is 5.89 Å². The van der Waals surface area contributed by atoms with E-state index in [9.17, 15) is 18.0 Å². The third-order valence-electron chi connectivity index (χ3n) is 2.69. The number of carbonyl (C=O) groups is 1. The van der Waals surface area contributed by atoms with Crippen LogP contribution in [0.5, 0.6) is 0 Å². The van der Waals surface area contributed by atoms with Crippen molar-refractivity contribution < 1.29 is 22.4 Å². The van der Waals surface area contributed by atoms with Gasteiger partial charge >= 0.3 is 6.18 Å². The SMILES string of the molecule is Cc1cnc(CNC(=O)c2ccc(N)c(C(F)(F)F)c2)o1. The number of nitrogens with zero attached hydrogens (tertiary/aromatic N) is 1. The Bertz CT molecular complexity index is 665. The summed E-state index contributed by atoms with van der Waals surface area (Å²) in [6.45, 7) is 1.67. The molecule has 0 bridgehead atoms. The largest absolute Gasteiger partial charge is 0.444 e. The highest BCUT2D eigenvalue weighted by Gasteiger charge is 2.33. The number of nitrogens with two attached hydrogens (primary N) is 1. The molecule has 0 saturated heterocycles. The standard InChI is InChI=1S/C13H12F3N3O2/c1-7-5-18-11(21-7)6-19-12(20)8-2-3-10(17)9(4-8)13(14,15)16/h2-5H,6,17H2,1H3,(H,19,20). The number of alkyl halides is 3. The smallest absolute Gasteiger partial charge is 0.418 e. The molecule has 5 nitrogen and oxygen atoms in total. The van der Waals surface area contributed by atoms with Gasteiger partial charge in [-0.15, -0.1) is 0 Å². The number of benzene rings is 1. The number of aromatic nitrogens is 1. The van der Waals surface area contributed by atoms with Gasteiger partial charge in [0.05, 0.1) is 18.3 Å². The maximum absolute atomic E-state index is 12.7. The van der Waals surface area contributed by atoms with Gasteiger partial charge in [-0.2, -0.15) is 13.2 Å². The number of halogens is 3. The van der Waals surface area contributed by atoms with Crippen molar-refractivity contribution in [3.63, 3.8) is 0 Å². The topological polar surface area (TPSA) is 81.2 Å². The first-order valence-electron chi connectivity index (χ1n) is 5.93. The van der Waals surface area contributed by atoms with Crippen molar-refractivity contribution in [1.82, 2.24) is 10.3 Å². The molecule has 0 aliphatic rings. The number of aryl methyl sites for hydroxylation is 1. The van der Waals surface area contributed by atoms with Crippen LogP contribution < -0.4 is 11.1 Å². The predicted molar refractivity (Wildman–Crippen MR) is 68.3 cm³/mol. The second kappa shape index (κ2) is 5.47. The Morgan fingerprint density at radius 2 is 2.14 bits per heavy atom. The van der Waals surface area contributed by atoms with Crippen LogP contribution in [0.4, 0.5) is 18.9 Å². The molecule has 21 heavy (non-hydrogen) atoms.